The van der Waals surface area contributed by atoms with Crippen molar-refractivity contribution < 1.29 is 9.59 Å². The van der Waals surface area contributed by atoms with Crippen molar-refractivity contribution in [2.24, 2.45) is 5.92 Å². The van der Waals surface area contributed by atoms with Crippen LogP contribution in [0.2, 0.25) is 0 Å². The van der Waals surface area contributed by atoms with E-state index in [1.165, 1.54) is 12.8 Å². The molecule has 0 heterocycles. The molecular formula is C23H28N2O2. The van der Waals surface area contributed by atoms with Gasteiger partial charge in [-0.15, -0.1) is 0 Å². The van der Waals surface area contributed by atoms with Crippen molar-refractivity contribution >= 4 is 17.5 Å². The third-order valence-corrected chi connectivity index (χ3v) is 5.18. The van der Waals surface area contributed by atoms with Crippen LogP contribution in [0.25, 0.3) is 0 Å². The molecule has 1 unspecified atom stereocenters. The van der Waals surface area contributed by atoms with Gasteiger partial charge < -0.3 is 10.6 Å². The summed E-state index contributed by atoms with van der Waals surface area (Å²) in [5, 5.41) is 5.96. The largest absolute Gasteiger partial charge is 0.344 e. The lowest BCUT2D eigenvalue weighted by atomic mass is 9.98. The van der Waals surface area contributed by atoms with Gasteiger partial charge in [0, 0.05) is 18.0 Å². The van der Waals surface area contributed by atoms with Gasteiger partial charge in [-0.2, -0.15) is 0 Å². The van der Waals surface area contributed by atoms with Crippen molar-refractivity contribution in [1.82, 2.24) is 5.32 Å². The number of benzene rings is 2. The minimum Gasteiger partial charge on any atom is -0.344 e. The van der Waals surface area contributed by atoms with Crippen molar-refractivity contribution in [3.05, 3.63) is 66.2 Å². The van der Waals surface area contributed by atoms with Gasteiger partial charge in [-0.05, 0) is 30.5 Å². The predicted octanol–water partition coefficient (Wildman–Crippen LogP) is 4.32. The van der Waals surface area contributed by atoms with Gasteiger partial charge in [0.05, 0.1) is 0 Å². The van der Waals surface area contributed by atoms with Gasteiger partial charge in [0.25, 0.3) is 0 Å². The second-order valence-electron chi connectivity index (χ2n) is 7.29. The molecule has 0 bridgehead atoms. The van der Waals surface area contributed by atoms with Gasteiger partial charge in [-0.3, -0.25) is 9.59 Å². The standard InChI is InChI=1S/C23H28N2O2/c26-22(19-13-7-1-2-8-14-19)25-21(17-18-11-5-3-6-12-18)23(27)24-20-15-9-4-10-16-20/h3-6,9-12,15-16,19,21H,1-2,7-8,13-14,17H2,(H,24,27)(H,25,26). The first-order chi connectivity index (χ1) is 13.2. The molecule has 4 nitrogen and oxygen atoms in total. The summed E-state index contributed by atoms with van der Waals surface area (Å²) < 4.78 is 0. The van der Waals surface area contributed by atoms with E-state index in [9.17, 15) is 9.59 Å². The van der Waals surface area contributed by atoms with E-state index in [4.69, 9.17) is 0 Å². The van der Waals surface area contributed by atoms with Crippen molar-refractivity contribution in [3.8, 4) is 0 Å². The van der Waals surface area contributed by atoms with Crippen molar-refractivity contribution in [2.45, 2.75) is 51.0 Å². The fraction of sp³-hybridized carbons (Fsp3) is 0.391. The first-order valence-corrected chi connectivity index (χ1v) is 9.92. The molecule has 0 saturated heterocycles. The number of carbonyl (C=O) groups excluding carboxylic acids is 2. The molecule has 27 heavy (non-hydrogen) atoms. The van der Waals surface area contributed by atoms with Crippen LogP contribution in [0, 0.1) is 5.92 Å². The van der Waals surface area contributed by atoms with E-state index in [0.717, 1.165) is 36.9 Å². The highest BCUT2D eigenvalue weighted by atomic mass is 16.2. The highest BCUT2D eigenvalue weighted by Gasteiger charge is 2.26. The summed E-state index contributed by atoms with van der Waals surface area (Å²) in [7, 11) is 0. The molecule has 0 spiro atoms. The van der Waals surface area contributed by atoms with E-state index < -0.39 is 6.04 Å². The van der Waals surface area contributed by atoms with Gasteiger partial charge in [0.2, 0.25) is 11.8 Å². The smallest absolute Gasteiger partial charge is 0.247 e. The summed E-state index contributed by atoms with van der Waals surface area (Å²) in [4.78, 5) is 25.7. The van der Waals surface area contributed by atoms with Crippen molar-refractivity contribution in [2.75, 3.05) is 5.32 Å². The van der Waals surface area contributed by atoms with E-state index in [-0.39, 0.29) is 17.7 Å². The topological polar surface area (TPSA) is 58.2 Å². The minimum absolute atomic E-state index is 0.0149. The molecule has 0 aromatic heterocycles. The quantitative estimate of drug-likeness (QED) is 0.750. The van der Waals surface area contributed by atoms with Crippen LogP contribution in [0.5, 0.6) is 0 Å². The Labute approximate surface area is 161 Å². The molecule has 2 aromatic carbocycles. The van der Waals surface area contributed by atoms with Crippen LogP contribution in [0.15, 0.2) is 60.7 Å². The molecule has 0 aliphatic heterocycles. The molecule has 0 radical (unpaired) electrons. The Balaban J connectivity index is 1.70. The van der Waals surface area contributed by atoms with Crippen LogP contribution in [0.1, 0.15) is 44.1 Å². The van der Waals surface area contributed by atoms with E-state index >= 15 is 0 Å². The van der Waals surface area contributed by atoms with Gasteiger partial charge in [0.1, 0.15) is 6.04 Å². The van der Waals surface area contributed by atoms with Gasteiger partial charge in [-0.1, -0.05) is 74.2 Å². The molecule has 3 rings (SSSR count). The fourth-order valence-corrected chi connectivity index (χ4v) is 3.64. The van der Waals surface area contributed by atoms with Gasteiger partial charge in [0.15, 0.2) is 0 Å². The molecule has 1 fully saturated rings. The maximum Gasteiger partial charge on any atom is 0.247 e. The Bertz CT molecular complexity index is 723. The summed E-state index contributed by atoms with van der Waals surface area (Å²) in [6, 6.07) is 18.6. The summed E-state index contributed by atoms with van der Waals surface area (Å²) in [5.74, 6) is -0.136. The molecule has 2 N–H and O–H groups in total. The molecule has 142 valence electrons. The number of anilines is 1. The van der Waals surface area contributed by atoms with Gasteiger partial charge in [-0.25, -0.2) is 0 Å². The Hall–Kier alpha value is -2.62. The van der Waals surface area contributed by atoms with E-state index in [2.05, 4.69) is 10.6 Å². The maximum atomic E-state index is 12.9. The summed E-state index contributed by atoms with van der Waals surface area (Å²) in [6.07, 6.45) is 6.92. The van der Waals surface area contributed by atoms with Crippen LogP contribution in [-0.4, -0.2) is 17.9 Å². The minimum atomic E-state index is -0.580. The zero-order valence-electron chi connectivity index (χ0n) is 15.7. The summed E-state index contributed by atoms with van der Waals surface area (Å²) >= 11 is 0. The fourth-order valence-electron chi connectivity index (χ4n) is 3.64. The van der Waals surface area contributed by atoms with Crippen LogP contribution in [0.4, 0.5) is 5.69 Å². The summed E-state index contributed by atoms with van der Waals surface area (Å²) in [5.41, 5.74) is 1.77. The average Bonchev–Trinajstić information content (AvgIpc) is 2.98. The van der Waals surface area contributed by atoms with E-state index in [1.54, 1.807) is 0 Å². The lowest BCUT2D eigenvalue weighted by Crippen LogP contribution is -2.47. The number of hydrogen-bond acceptors (Lipinski definition) is 2. The van der Waals surface area contributed by atoms with Crippen LogP contribution < -0.4 is 10.6 Å². The number of para-hydroxylation sites is 1. The Morgan fingerprint density at radius 2 is 1.44 bits per heavy atom. The zero-order valence-corrected chi connectivity index (χ0v) is 15.7. The molecule has 1 aliphatic carbocycles. The highest BCUT2D eigenvalue weighted by molar-refractivity contribution is 5.97. The zero-order chi connectivity index (χ0) is 18.9. The molecular weight excluding hydrogens is 336 g/mol. The monoisotopic (exact) mass is 364 g/mol. The number of hydrogen-bond donors (Lipinski definition) is 2. The second kappa shape index (κ2) is 9.91. The van der Waals surface area contributed by atoms with Crippen molar-refractivity contribution in [1.29, 1.82) is 0 Å². The highest BCUT2D eigenvalue weighted by Crippen LogP contribution is 2.23. The second-order valence-corrected chi connectivity index (χ2v) is 7.29. The molecule has 1 aliphatic rings. The van der Waals surface area contributed by atoms with Gasteiger partial charge >= 0.3 is 0 Å². The lowest BCUT2D eigenvalue weighted by Gasteiger charge is -2.22. The molecule has 2 amide bonds. The Morgan fingerprint density at radius 3 is 2.07 bits per heavy atom. The number of carbonyl (C=O) groups is 2. The van der Waals surface area contributed by atoms with Crippen LogP contribution in [-0.2, 0) is 16.0 Å². The van der Waals surface area contributed by atoms with E-state index in [1.807, 2.05) is 60.7 Å². The normalized spacial score (nSPS) is 16.1. The number of amides is 2. The van der Waals surface area contributed by atoms with Crippen LogP contribution in [0.3, 0.4) is 0 Å². The first-order valence-electron chi connectivity index (χ1n) is 9.92. The molecule has 2 aromatic rings. The predicted molar refractivity (Wildman–Crippen MR) is 108 cm³/mol. The molecule has 1 saturated carbocycles. The molecule has 1 atom stereocenters. The SMILES string of the molecule is O=C(NC(Cc1ccccc1)C(=O)Nc1ccccc1)C1CCCCCC1. The van der Waals surface area contributed by atoms with Crippen LogP contribution >= 0.6 is 0 Å². The van der Waals surface area contributed by atoms with Crippen molar-refractivity contribution in [3.63, 3.8) is 0 Å². The van der Waals surface area contributed by atoms with E-state index in [0.29, 0.717) is 6.42 Å². The maximum absolute atomic E-state index is 12.9. The third kappa shape index (κ3) is 5.95. The third-order valence-electron chi connectivity index (χ3n) is 5.18. The Kier molecular flexibility index (Phi) is 7.03. The summed E-state index contributed by atoms with van der Waals surface area (Å²) in [6.45, 7) is 0. The number of nitrogens with one attached hydrogen (secondary N) is 2. The first kappa shape index (κ1) is 19.2. The lowest BCUT2D eigenvalue weighted by molar-refractivity contribution is -0.129. The number of rotatable bonds is 6. The average molecular weight is 364 g/mol. The molecule has 4 heteroatoms. The Morgan fingerprint density at radius 1 is 0.852 bits per heavy atom.